The summed E-state index contributed by atoms with van der Waals surface area (Å²) in [5, 5.41) is 2.89. The lowest BCUT2D eigenvalue weighted by Crippen LogP contribution is -2.43. The molecule has 1 aromatic rings. The number of amides is 2. The van der Waals surface area contributed by atoms with Crippen molar-refractivity contribution in [3.63, 3.8) is 0 Å². The Bertz CT molecular complexity index is 778. The van der Waals surface area contributed by atoms with Crippen LogP contribution >= 0.6 is 0 Å². The number of nitrogens with zero attached hydrogens (tertiary/aromatic N) is 1. The SMILES string of the molecule is CC[C@H](C)c1ccccc1NC(=O)[C@@H](C)OC(=O)C1CCN(C(=O)OC(C)(C)C)CC1. The number of carbonyl (C=O) groups is 3. The molecule has 0 aromatic heterocycles. The van der Waals surface area contributed by atoms with E-state index >= 15 is 0 Å². The van der Waals surface area contributed by atoms with Crippen molar-refractivity contribution in [3.05, 3.63) is 29.8 Å². The number of esters is 1. The van der Waals surface area contributed by atoms with Crippen molar-refractivity contribution in [2.24, 2.45) is 5.92 Å². The van der Waals surface area contributed by atoms with Gasteiger partial charge in [0.25, 0.3) is 5.91 Å². The number of likely N-dealkylation sites (tertiary alicyclic amines) is 1. The molecular formula is C24H36N2O5. The van der Waals surface area contributed by atoms with Crippen molar-refractivity contribution in [2.45, 2.75) is 78.4 Å². The van der Waals surface area contributed by atoms with E-state index in [-0.39, 0.29) is 17.9 Å². The van der Waals surface area contributed by atoms with Gasteiger partial charge in [0, 0.05) is 18.8 Å². The van der Waals surface area contributed by atoms with Crippen LogP contribution in [0.15, 0.2) is 24.3 Å². The van der Waals surface area contributed by atoms with Gasteiger partial charge in [-0.2, -0.15) is 0 Å². The molecule has 2 amide bonds. The van der Waals surface area contributed by atoms with Crippen LogP contribution in [0.3, 0.4) is 0 Å². The third kappa shape index (κ3) is 7.26. The zero-order chi connectivity index (χ0) is 23.2. The molecule has 0 radical (unpaired) electrons. The molecule has 0 saturated carbocycles. The van der Waals surface area contributed by atoms with Crippen LogP contribution in [0.4, 0.5) is 10.5 Å². The minimum atomic E-state index is -0.902. The van der Waals surface area contributed by atoms with Gasteiger partial charge in [-0.15, -0.1) is 0 Å². The average molecular weight is 433 g/mol. The summed E-state index contributed by atoms with van der Waals surface area (Å²) in [6, 6.07) is 7.68. The quantitative estimate of drug-likeness (QED) is 0.658. The summed E-state index contributed by atoms with van der Waals surface area (Å²) in [6.07, 6.45) is 0.666. The Morgan fingerprint density at radius 3 is 2.32 bits per heavy atom. The standard InChI is InChI=1S/C24H36N2O5/c1-7-16(2)19-10-8-9-11-20(19)25-21(27)17(3)30-22(28)18-12-14-26(15-13-18)23(29)31-24(4,5)6/h8-11,16-18H,7,12-15H2,1-6H3,(H,25,27)/t16-,17+/m0/s1. The molecule has 1 N–H and O–H groups in total. The average Bonchev–Trinajstić information content (AvgIpc) is 2.72. The molecule has 1 aliphatic heterocycles. The van der Waals surface area contributed by atoms with E-state index in [1.54, 1.807) is 11.8 Å². The fraction of sp³-hybridized carbons (Fsp3) is 0.625. The maximum absolute atomic E-state index is 12.6. The van der Waals surface area contributed by atoms with E-state index in [4.69, 9.17) is 9.47 Å². The van der Waals surface area contributed by atoms with Crippen molar-refractivity contribution in [3.8, 4) is 0 Å². The summed E-state index contributed by atoms with van der Waals surface area (Å²) in [5.41, 5.74) is 1.25. The predicted octanol–water partition coefficient (Wildman–Crippen LogP) is 4.72. The molecular weight excluding hydrogens is 396 g/mol. The number of ether oxygens (including phenoxy) is 2. The van der Waals surface area contributed by atoms with Crippen molar-refractivity contribution < 1.29 is 23.9 Å². The molecule has 1 aromatic carbocycles. The summed E-state index contributed by atoms with van der Waals surface area (Å²) in [6.45, 7) is 12.1. The molecule has 7 heteroatoms. The van der Waals surface area contributed by atoms with Crippen LogP contribution in [0.25, 0.3) is 0 Å². The molecule has 0 unspecified atom stereocenters. The van der Waals surface area contributed by atoms with Gasteiger partial charge in [-0.3, -0.25) is 9.59 Å². The van der Waals surface area contributed by atoms with Crippen molar-refractivity contribution >= 4 is 23.7 Å². The highest BCUT2D eigenvalue weighted by Gasteiger charge is 2.32. The Morgan fingerprint density at radius 1 is 1.13 bits per heavy atom. The molecule has 0 spiro atoms. The van der Waals surface area contributed by atoms with E-state index in [2.05, 4.69) is 19.2 Å². The number of benzene rings is 1. The highest BCUT2D eigenvalue weighted by atomic mass is 16.6. The number of rotatable bonds is 6. The van der Waals surface area contributed by atoms with Crippen LogP contribution < -0.4 is 5.32 Å². The summed E-state index contributed by atoms with van der Waals surface area (Å²) < 4.78 is 10.8. The van der Waals surface area contributed by atoms with Gasteiger partial charge in [-0.25, -0.2) is 4.79 Å². The molecule has 7 nitrogen and oxygen atoms in total. The lowest BCUT2D eigenvalue weighted by molar-refractivity contribution is -0.158. The molecule has 0 bridgehead atoms. The summed E-state index contributed by atoms with van der Waals surface area (Å²) in [4.78, 5) is 38.9. The fourth-order valence-electron chi connectivity index (χ4n) is 3.44. The highest BCUT2D eigenvalue weighted by Crippen LogP contribution is 2.27. The normalized spacial score (nSPS) is 16.9. The molecule has 2 rings (SSSR count). The van der Waals surface area contributed by atoms with Crippen LogP contribution in [0.5, 0.6) is 0 Å². The molecule has 1 aliphatic rings. The number of piperidine rings is 1. The largest absolute Gasteiger partial charge is 0.452 e. The number of nitrogens with one attached hydrogen (secondary N) is 1. The van der Waals surface area contributed by atoms with Gasteiger partial charge in [-0.05, 0) is 64.5 Å². The molecule has 172 valence electrons. The smallest absolute Gasteiger partial charge is 0.410 e. The van der Waals surface area contributed by atoms with E-state index in [0.717, 1.165) is 17.7 Å². The first-order valence-electron chi connectivity index (χ1n) is 11.1. The Kier molecular flexibility index (Phi) is 8.48. The maximum atomic E-state index is 12.6. The van der Waals surface area contributed by atoms with Gasteiger partial charge in [0.1, 0.15) is 5.60 Å². The van der Waals surface area contributed by atoms with Gasteiger partial charge in [0.05, 0.1) is 5.92 Å². The first kappa shape index (κ1) is 24.7. The summed E-state index contributed by atoms with van der Waals surface area (Å²) in [7, 11) is 0. The summed E-state index contributed by atoms with van der Waals surface area (Å²) in [5.74, 6) is -0.775. The lowest BCUT2D eigenvalue weighted by Gasteiger charge is -2.32. The number of hydrogen-bond acceptors (Lipinski definition) is 5. The second-order valence-corrected chi connectivity index (χ2v) is 9.21. The Balaban J connectivity index is 1.86. The zero-order valence-electron chi connectivity index (χ0n) is 19.6. The van der Waals surface area contributed by atoms with Crippen LogP contribution in [0.1, 0.15) is 72.3 Å². The fourth-order valence-corrected chi connectivity index (χ4v) is 3.44. The van der Waals surface area contributed by atoms with Gasteiger partial charge in [0.2, 0.25) is 0 Å². The number of carbonyl (C=O) groups excluding carboxylic acids is 3. The molecule has 2 atom stereocenters. The maximum Gasteiger partial charge on any atom is 0.410 e. The Labute approximate surface area is 185 Å². The first-order valence-corrected chi connectivity index (χ1v) is 11.1. The zero-order valence-corrected chi connectivity index (χ0v) is 19.6. The molecule has 0 aliphatic carbocycles. The van der Waals surface area contributed by atoms with Crippen LogP contribution in [-0.2, 0) is 19.1 Å². The Morgan fingerprint density at radius 2 is 1.74 bits per heavy atom. The molecule has 1 saturated heterocycles. The number of hydrogen-bond donors (Lipinski definition) is 1. The highest BCUT2D eigenvalue weighted by molar-refractivity contribution is 5.95. The van der Waals surface area contributed by atoms with Gasteiger partial charge >= 0.3 is 12.1 Å². The number of para-hydroxylation sites is 1. The van der Waals surface area contributed by atoms with Crippen LogP contribution in [-0.4, -0.2) is 47.7 Å². The second-order valence-electron chi connectivity index (χ2n) is 9.21. The van der Waals surface area contributed by atoms with Crippen molar-refractivity contribution in [1.82, 2.24) is 4.90 Å². The third-order valence-electron chi connectivity index (χ3n) is 5.50. The Hall–Kier alpha value is -2.57. The minimum absolute atomic E-state index is 0.310. The minimum Gasteiger partial charge on any atom is -0.452 e. The van der Waals surface area contributed by atoms with E-state index < -0.39 is 17.7 Å². The monoisotopic (exact) mass is 432 g/mol. The van der Waals surface area contributed by atoms with Gasteiger partial charge in [-0.1, -0.05) is 32.0 Å². The molecule has 31 heavy (non-hydrogen) atoms. The summed E-state index contributed by atoms with van der Waals surface area (Å²) >= 11 is 0. The van der Waals surface area contributed by atoms with Crippen LogP contribution in [0, 0.1) is 5.92 Å². The second kappa shape index (κ2) is 10.6. The molecule has 1 fully saturated rings. The third-order valence-corrected chi connectivity index (χ3v) is 5.50. The lowest BCUT2D eigenvalue weighted by atomic mass is 9.96. The topological polar surface area (TPSA) is 84.9 Å². The van der Waals surface area contributed by atoms with E-state index in [9.17, 15) is 14.4 Å². The first-order chi connectivity index (χ1) is 14.5. The van der Waals surface area contributed by atoms with Crippen LogP contribution in [0.2, 0.25) is 0 Å². The van der Waals surface area contributed by atoms with E-state index in [1.807, 2.05) is 45.0 Å². The molecule has 1 heterocycles. The van der Waals surface area contributed by atoms with E-state index in [1.165, 1.54) is 0 Å². The van der Waals surface area contributed by atoms with Gasteiger partial charge < -0.3 is 19.7 Å². The predicted molar refractivity (Wildman–Crippen MR) is 120 cm³/mol. The van der Waals surface area contributed by atoms with Crippen molar-refractivity contribution in [2.75, 3.05) is 18.4 Å². The van der Waals surface area contributed by atoms with Crippen molar-refractivity contribution in [1.29, 1.82) is 0 Å². The number of anilines is 1. The van der Waals surface area contributed by atoms with E-state index in [0.29, 0.717) is 31.8 Å². The van der Waals surface area contributed by atoms with Gasteiger partial charge in [0.15, 0.2) is 6.10 Å².